The van der Waals surface area contributed by atoms with Crippen LogP contribution in [-0.4, -0.2) is 36.1 Å². The zero-order chi connectivity index (χ0) is 18.3. The zero-order valence-corrected chi connectivity index (χ0v) is 15.4. The van der Waals surface area contributed by atoms with E-state index < -0.39 is 0 Å². The van der Waals surface area contributed by atoms with Gasteiger partial charge in [0.25, 0.3) is 0 Å². The fraction of sp³-hybridized carbons (Fsp3) is 0.476. The second-order valence-corrected chi connectivity index (χ2v) is 7.61. The Morgan fingerprint density at radius 3 is 2.81 bits per heavy atom. The van der Waals surface area contributed by atoms with Crippen LogP contribution < -0.4 is 15.0 Å². The van der Waals surface area contributed by atoms with E-state index in [1.54, 1.807) is 0 Å². The molecule has 5 rings (SSSR count). The van der Waals surface area contributed by atoms with E-state index in [0.29, 0.717) is 5.88 Å². The third kappa shape index (κ3) is 2.74. The molecule has 1 aliphatic carbocycles. The van der Waals surface area contributed by atoms with Crippen molar-refractivity contribution in [3.8, 4) is 11.9 Å². The van der Waals surface area contributed by atoms with Crippen LogP contribution in [0.15, 0.2) is 24.3 Å². The van der Waals surface area contributed by atoms with Crippen LogP contribution in [0.5, 0.6) is 5.88 Å². The summed E-state index contributed by atoms with van der Waals surface area (Å²) in [4.78, 5) is 11.3. The highest BCUT2D eigenvalue weighted by Crippen LogP contribution is 2.47. The largest absolute Gasteiger partial charge is 0.466 e. The van der Waals surface area contributed by atoms with Crippen LogP contribution in [0.1, 0.15) is 41.8 Å². The Morgan fingerprint density at radius 1 is 1.11 bits per heavy atom. The molecule has 6 nitrogen and oxygen atoms in total. The Morgan fingerprint density at radius 2 is 1.96 bits per heavy atom. The Balaban J connectivity index is 1.58. The number of nitrogens with one attached hydrogen (secondary N) is 1. The maximum Gasteiger partial charge on any atom is 0.237 e. The fourth-order valence-corrected chi connectivity index (χ4v) is 4.75. The monoisotopic (exact) mass is 361 g/mol. The number of nitrogens with zero attached hydrogens (tertiary/aromatic N) is 4. The molecular formula is C21H23N5O. The Labute approximate surface area is 159 Å². The molecule has 1 spiro atoms. The molecule has 2 aliphatic heterocycles. The van der Waals surface area contributed by atoms with Gasteiger partial charge >= 0.3 is 0 Å². The van der Waals surface area contributed by atoms with Crippen molar-refractivity contribution >= 4 is 5.82 Å². The van der Waals surface area contributed by atoms with Gasteiger partial charge in [0.1, 0.15) is 17.5 Å². The van der Waals surface area contributed by atoms with E-state index in [1.807, 2.05) is 0 Å². The van der Waals surface area contributed by atoms with Gasteiger partial charge in [0.2, 0.25) is 11.7 Å². The fourth-order valence-electron chi connectivity index (χ4n) is 4.75. The molecule has 6 heteroatoms. The molecule has 27 heavy (non-hydrogen) atoms. The second-order valence-electron chi connectivity index (χ2n) is 7.61. The number of hydrogen-bond donors (Lipinski definition) is 1. The van der Waals surface area contributed by atoms with Crippen molar-refractivity contribution in [3.63, 3.8) is 0 Å². The molecule has 1 fully saturated rings. The van der Waals surface area contributed by atoms with Gasteiger partial charge in [-0.25, -0.2) is 4.98 Å². The standard InChI is InChI=1S/C21H23N5O/c22-14-18-24-19(26-12-10-23-11-13-26)16-7-9-21(27-20(16)25-18)8-3-5-15-4-1-2-6-17(15)21/h1-2,4,6,23H,3,5,7-13H2. The topological polar surface area (TPSA) is 74.1 Å². The lowest BCUT2D eigenvalue weighted by molar-refractivity contribution is 0.0200. The van der Waals surface area contributed by atoms with Crippen molar-refractivity contribution in [2.24, 2.45) is 0 Å². The molecule has 138 valence electrons. The number of aryl methyl sites for hydroxylation is 1. The van der Waals surface area contributed by atoms with Crippen LogP contribution in [0.3, 0.4) is 0 Å². The van der Waals surface area contributed by atoms with Crippen molar-refractivity contribution < 1.29 is 4.74 Å². The van der Waals surface area contributed by atoms with Crippen LogP contribution >= 0.6 is 0 Å². The molecule has 0 saturated carbocycles. The predicted octanol–water partition coefficient (Wildman–Crippen LogP) is 2.31. The number of piperazine rings is 1. The van der Waals surface area contributed by atoms with Crippen LogP contribution in [-0.2, 0) is 18.4 Å². The van der Waals surface area contributed by atoms with Gasteiger partial charge < -0.3 is 15.0 Å². The summed E-state index contributed by atoms with van der Waals surface area (Å²) in [5.41, 5.74) is 3.42. The number of benzene rings is 1. The molecule has 3 aliphatic rings. The van der Waals surface area contributed by atoms with Crippen LogP contribution in [0.4, 0.5) is 5.82 Å². The van der Waals surface area contributed by atoms with Gasteiger partial charge in [-0.15, -0.1) is 0 Å². The molecule has 1 atom stereocenters. The normalized spacial score (nSPS) is 23.9. The predicted molar refractivity (Wildman–Crippen MR) is 102 cm³/mol. The highest BCUT2D eigenvalue weighted by molar-refractivity contribution is 5.55. The lowest BCUT2D eigenvalue weighted by Crippen LogP contribution is -2.45. The van der Waals surface area contributed by atoms with Crippen LogP contribution in [0.2, 0.25) is 0 Å². The number of ether oxygens (including phenoxy) is 1. The van der Waals surface area contributed by atoms with Gasteiger partial charge in [-0.1, -0.05) is 24.3 Å². The van der Waals surface area contributed by atoms with E-state index >= 15 is 0 Å². The SMILES string of the molecule is N#Cc1nc2c(c(N3CCNCC3)n1)CCC1(CCCc3ccccc31)O2. The molecule has 3 heterocycles. The molecular weight excluding hydrogens is 338 g/mol. The highest BCUT2D eigenvalue weighted by atomic mass is 16.5. The smallest absolute Gasteiger partial charge is 0.237 e. The third-order valence-corrected chi connectivity index (χ3v) is 6.07. The lowest BCUT2D eigenvalue weighted by atomic mass is 9.75. The van der Waals surface area contributed by atoms with E-state index in [-0.39, 0.29) is 11.4 Å². The number of anilines is 1. The molecule has 1 saturated heterocycles. The summed E-state index contributed by atoms with van der Waals surface area (Å²) >= 11 is 0. The molecule has 0 amide bonds. The molecule has 1 unspecified atom stereocenters. The number of hydrogen-bond acceptors (Lipinski definition) is 6. The second kappa shape index (κ2) is 6.50. The number of aromatic nitrogens is 2. The van der Waals surface area contributed by atoms with Crippen molar-refractivity contribution in [1.82, 2.24) is 15.3 Å². The number of nitriles is 1. The van der Waals surface area contributed by atoms with E-state index in [9.17, 15) is 5.26 Å². The summed E-state index contributed by atoms with van der Waals surface area (Å²) in [6.07, 6.45) is 5.04. The third-order valence-electron chi connectivity index (χ3n) is 6.07. The first-order chi connectivity index (χ1) is 13.3. The van der Waals surface area contributed by atoms with E-state index in [0.717, 1.165) is 69.7 Å². The maximum absolute atomic E-state index is 9.46. The lowest BCUT2D eigenvalue weighted by Gasteiger charge is -2.43. The molecule has 0 bridgehead atoms. The van der Waals surface area contributed by atoms with Gasteiger partial charge in [0, 0.05) is 26.2 Å². The molecule has 1 N–H and O–H groups in total. The first-order valence-electron chi connectivity index (χ1n) is 9.83. The minimum atomic E-state index is -0.316. The summed E-state index contributed by atoms with van der Waals surface area (Å²) in [7, 11) is 0. The summed E-state index contributed by atoms with van der Waals surface area (Å²) in [6.45, 7) is 3.64. The van der Waals surface area contributed by atoms with E-state index in [2.05, 4.69) is 50.5 Å². The summed E-state index contributed by atoms with van der Waals surface area (Å²) in [6, 6.07) is 10.7. The minimum Gasteiger partial charge on any atom is -0.466 e. The Hall–Kier alpha value is -2.65. The molecule has 1 aromatic carbocycles. The number of rotatable bonds is 1. The first kappa shape index (κ1) is 16.5. The van der Waals surface area contributed by atoms with E-state index in [1.165, 1.54) is 11.1 Å². The van der Waals surface area contributed by atoms with Crippen molar-refractivity contribution in [2.75, 3.05) is 31.1 Å². The Bertz CT molecular complexity index is 915. The van der Waals surface area contributed by atoms with E-state index in [4.69, 9.17) is 4.74 Å². The summed E-state index contributed by atoms with van der Waals surface area (Å²) < 4.78 is 6.62. The van der Waals surface area contributed by atoms with Crippen LogP contribution in [0, 0.1) is 11.3 Å². The average molecular weight is 361 g/mol. The van der Waals surface area contributed by atoms with Crippen LogP contribution in [0.25, 0.3) is 0 Å². The van der Waals surface area contributed by atoms with Gasteiger partial charge in [0.05, 0.1) is 5.56 Å². The molecule has 1 aromatic heterocycles. The minimum absolute atomic E-state index is 0.198. The zero-order valence-electron chi connectivity index (χ0n) is 15.4. The number of fused-ring (bicyclic) bond motifs is 3. The highest BCUT2D eigenvalue weighted by Gasteiger charge is 2.43. The molecule has 0 radical (unpaired) electrons. The van der Waals surface area contributed by atoms with Crippen molar-refractivity contribution in [2.45, 2.75) is 37.7 Å². The van der Waals surface area contributed by atoms with Crippen molar-refractivity contribution in [1.29, 1.82) is 5.26 Å². The van der Waals surface area contributed by atoms with Gasteiger partial charge in [-0.05, 0) is 43.2 Å². The van der Waals surface area contributed by atoms with Crippen molar-refractivity contribution in [3.05, 3.63) is 46.8 Å². The Kier molecular flexibility index (Phi) is 3.98. The van der Waals surface area contributed by atoms with Gasteiger partial charge in [-0.3, -0.25) is 0 Å². The molecule has 2 aromatic rings. The summed E-state index contributed by atoms with van der Waals surface area (Å²) in [5.74, 6) is 1.69. The van der Waals surface area contributed by atoms with Gasteiger partial charge in [0.15, 0.2) is 0 Å². The average Bonchev–Trinajstić information content (AvgIpc) is 2.74. The summed E-state index contributed by atoms with van der Waals surface area (Å²) in [5, 5.41) is 12.8. The van der Waals surface area contributed by atoms with Gasteiger partial charge in [-0.2, -0.15) is 10.2 Å². The quantitative estimate of drug-likeness (QED) is 0.840. The first-order valence-corrected chi connectivity index (χ1v) is 9.83. The maximum atomic E-state index is 9.46.